The fourth-order valence-electron chi connectivity index (χ4n) is 3.20. The van der Waals surface area contributed by atoms with E-state index in [1.807, 2.05) is 19.1 Å². The third-order valence-corrected chi connectivity index (χ3v) is 4.82. The SMILES string of the molecule is CC#CCC(C)[C@H](O)/C=C/[C@@H]1c2cc(CCCCC(=O)O)oc2C[C@H]1O.[KH]. The van der Waals surface area contributed by atoms with Crippen molar-refractivity contribution >= 4 is 57.4 Å². The van der Waals surface area contributed by atoms with Crippen molar-refractivity contribution in [3.05, 3.63) is 35.3 Å². The van der Waals surface area contributed by atoms with Gasteiger partial charge in [0.05, 0.1) is 12.2 Å². The van der Waals surface area contributed by atoms with Crippen LogP contribution in [0.2, 0.25) is 0 Å². The van der Waals surface area contributed by atoms with Gasteiger partial charge >= 0.3 is 57.4 Å². The van der Waals surface area contributed by atoms with E-state index in [0.29, 0.717) is 25.7 Å². The van der Waals surface area contributed by atoms with Crippen LogP contribution in [0.25, 0.3) is 0 Å². The van der Waals surface area contributed by atoms with Crippen LogP contribution in [0.4, 0.5) is 0 Å². The van der Waals surface area contributed by atoms with Crippen LogP contribution in [0.3, 0.4) is 0 Å². The van der Waals surface area contributed by atoms with E-state index >= 15 is 0 Å². The molecule has 0 aliphatic heterocycles. The maximum atomic E-state index is 10.5. The molecule has 0 amide bonds. The average Bonchev–Trinajstić information content (AvgIpc) is 3.10. The van der Waals surface area contributed by atoms with Crippen LogP contribution >= 0.6 is 0 Å². The Bertz CT molecular complexity index is 697. The van der Waals surface area contributed by atoms with E-state index in [-0.39, 0.29) is 69.6 Å². The van der Waals surface area contributed by atoms with E-state index in [0.717, 1.165) is 23.5 Å². The Morgan fingerprint density at radius 2 is 2.19 bits per heavy atom. The minimum absolute atomic E-state index is 0. The van der Waals surface area contributed by atoms with Crippen LogP contribution in [0.5, 0.6) is 0 Å². The van der Waals surface area contributed by atoms with Gasteiger partial charge in [0.25, 0.3) is 0 Å². The quantitative estimate of drug-likeness (QED) is 0.256. The number of carbonyl (C=O) groups is 1. The molecule has 2 rings (SSSR count). The molecule has 144 valence electrons. The molecule has 0 radical (unpaired) electrons. The zero-order chi connectivity index (χ0) is 19.1. The van der Waals surface area contributed by atoms with Crippen molar-refractivity contribution in [1.82, 2.24) is 0 Å². The number of hydrogen-bond donors (Lipinski definition) is 3. The first-order chi connectivity index (χ1) is 12.4. The van der Waals surface area contributed by atoms with Gasteiger partial charge in [-0.1, -0.05) is 19.1 Å². The van der Waals surface area contributed by atoms with Crippen LogP contribution < -0.4 is 0 Å². The van der Waals surface area contributed by atoms with Gasteiger partial charge in [-0.3, -0.25) is 4.79 Å². The molecule has 1 aromatic rings. The second-order valence-corrected chi connectivity index (χ2v) is 6.97. The van der Waals surface area contributed by atoms with E-state index in [9.17, 15) is 15.0 Å². The molecule has 0 aromatic carbocycles. The zero-order valence-corrected chi connectivity index (χ0v) is 15.4. The Balaban J connectivity index is 0.00000364. The van der Waals surface area contributed by atoms with Gasteiger partial charge in [0, 0.05) is 37.2 Å². The minimum atomic E-state index is -0.780. The first-order valence-corrected chi connectivity index (χ1v) is 9.19. The third-order valence-electron chi connectivity index (χ3n) is 4.82. The Hall–Kier alpha value is -0.394. The Kier molecular flexibility index (Phi) is 11.2. The summed E-state index contributed by atoms with van der Waals surface area (Å²) in [7, 11) is 0. The summed E-state index contributed by atoms with van der Waals surface area (Å²) in [6.45, 7) is 3.73. The number of hydrogen-bond acceptors (Lipinski definition) is 4. The van der Waals surface area contributed by atoms with Crippen molar-refractivity contribution < 1.29 is 24.5 Å². The predicted octanol–water partition coefficient (Wildman–Crippen LogP) is 2.40. The summed E-state index contributed by atoms with van der Waals surface area (Å²) in [4.78, 5) is 10.5. The van der Waals surface area contributed by atoms with Gasteiger partial charge in [0.1, 0.15) is 11.5 Å². The molecule has 0 bridgehead atoms. The van der Waals surface area contributed by atoms with Crippen molar-refractivity contribution in [2.45, 2.75) is 70.5 Å². The fourth-order valence-corrected chi connectivity index (χ4v) is 3.20. The van der Waals surface area contributed by atoms with Gasteiger partial charge in [-0.2, -0.15) is 0 Å². The molecular weight excluding hydrogens is 371 g/mol. The number of unbranched alkanes of at least 4 members (excludes halogenated alkanes) is 1. The molecule has 3 N–H and O–H groups in total. The van der Waals surface area contributed by atoms with Gasteiger partial charge in [0.2, 0.25) is 0 Å². The molecule has 1 aliphatic rings. The van der Waals surface area contributed by atoms with Gasteiger partial charge in [0.15, 0.2) is 0 Å². The molecule has 0 saturated carbocycles. The van der Waals surface area contributed by atoms with Gasteiger partial charge in [-0.05, 0) is 31.7 Å². The Labute approximate surface area is 203 Å². The number of fused-ring (bicyclic) bond motifs is 1. The van der Waals surface area contributed by atoms with Crippen LogP contribution in [-0.4, -0.2) is 84.9 Å². The van der Waals surface area contributed by atoms with E-state index in [4.69, 9.17) is 9.52 Å². The van der Waals surface area contributed by atoms with Crippen molar-refractivity contribution in [3.63, 3.8) is 0 Å². The molecule has 0 saturated heterocycles. The molecule has 0 fully saturated rings. The van der Waals surface area contributed by atoms with E-state index in [2.05, 4.69) is 11.8 Å². The first-order valence-electron chi connectivity index (χ1n) is 9.19. The topological polar surface area (TPSA) is 90.9 Å². The normalized spacial score (nSPS) is 20.4. The number of furan rings is 1. The second-order valence-electron chi connectivity index (χ2n) is 6.97. The van der Waals surface area contributed by atoms with Gasteiger partial charge < -0.3 is 19.7 Å². The monoisotopic (exact) mass is 400 g/mol. The predicted molar refractivity (Wildman–Crippen MR) is 106 cm³/mol. The van der Waals surface area contributed by atoms with Crippen LogP contribution in [-0.2, 0) is 17.6 Å². The molecule has 0 spiro atoms. The molecular formula is C21H29KO5. The van der Waals surface area contributed by atoms with Crippen molar-refractivity contribution in [1.29, 1.82) is 0 Å². The van der Waals surface area contributed by atoms with Crippen LogP contribution in [0.1, 0.15) is 62.5 Å². The number of aliphatic hydroxyl groups is 2. The molecule has 6 heteroatoms. The number of aliphatic hydroxyl groups excluding tert-OH is 2. The first kappa shape index (κ1) is 24.6. The number of aliphatic carboxylic acids is 1. The van der Waals surface area contributed by atoms with Gasteiger partial charge in [-0.25, -0.2) is 0 Å². The molecule has 1 unspecified atom stereocenters. The van der Waals surface area contributed by atoms with Crippen LogP contribution in [0.15, 0.2) is 22.6 Å². The summed E-state index contributed by atoms with van der Waals surface area (Å²) < 4.78 is 5.82. The average molecular weight is 401 g/mol. The third kappa shape index (κ3) is 7.50. The summed E-state index contributed by atoms with van der Waals surface area (Å²) in [6.07, 6.45) is 5.80. The molecule has 5 nitrogen and oxygen atoms in total. The standard InChI is InChI=1S/C21H28O5.K.H/c1-3-4-7-14(2)18(22)11-10-16-17-12-15(8-5-6-9-21(24)25)26-20(17)13-19(16)23;;/h10-12,14,16,18-19,22-23H,5-9,13H2,1-2H3,(H,24,25);;/b11-10+;;/t14?,16-,18-,19-;;/m1../s1. The molecule has 1 heterocycles. The van der Waals surface area contributed by atoms with Gasteiger partial charge in [-0.15, -0.1) is 11.8 Å². The molecule has 1 aliphatic carbocycles. The van der Waals surface area contributed by atoms with Crippen molar-refractivity contribution in [2.75, 3.05) is 0 Å². The number of aryl methyl sites for hydroxylation is 1. The van der Waals surface area contributed by atoms with Crippen molar-refractivity contribution in [3.8, 4) is 11.8 Å². The van der Waals surface area contributed by atoms with E-state index in [1.165, 1.54) is 0 Å². The number of carboxylic acid groups (broad SMARTS) is 1. The molecule has 27 heavy (non-hydrogen) atoms. The second kappa shape index (κ2) is 12.2. The molecule has 4 atom stereocenters. The Morgan fingerprint density at radius 3 is 2.85 bits per heavy atom. The zero-order valence-electron chi connectivity index (χ0n) is 15.4. The summed E-state index contributed by atoms with van der Waals surface area (Å²) in [5.41, 5.74) is 0.968. The van der Waals surface area contributed by atoms with Crippen LogP contribution in [0, 0.1) is 17.8 Å². The summed E-state index contributed by atoms with van der Waals surface area (Å²) in [5, 5.41) is 29.2. The maximum absolute atomic E-state index is 10.5. The van der Waals surface area contributed by atoms with E-state index in [1.54, 1.807) is 13.0 Å². The summed E-state index contributed by atoms with van der Waals surface area (Å²) in [6, 6.07) is 1.96. The van der Waals surface area contributed by atoms with Crippen molar-refractivity contribution in [2.24, 2.45) is 5.92 Å². The number of rotatable bonds is 9. The Morgan fingerprint density at radius 1 is 1.44 bits per heavy atom. The summed E-state index contributed by atoms with van der Waals surface area (Å²) in [5.74, 6) is 6.50. The van der Waals surface area contributed by atoms with E-state index < -0.39 is 18.2 Å². The summed E-state index contributed by atoms with van der Waals surface area (Å²) >= 11 is 0. The number of carboxylic acids is 1. The fraction of sp³-hybridized carbons (Fsp3) is 0.571. The molecule has 1 aromatic heterocycles.